The third-order valence-electron chi connectivity index (χ3n) is 5.29. The molecule has 192 valence electrons. The van der Waals surface area contributed by atoms with E-state index >= 15 is 0 Å². The molecular formula is C24H21ClFN5O6. The summed E-state index contributed by atoms with van der Waals surface area (Å²) in [6, 6.07) is 12.0. The zero-order chi connectivity index (χ0) is 26.7. The first-order chi connectivity index (χ1) is 17.6. The van der Waals surface area contributed by atoms with Crippen LogP contribution in [0.25, 0.3) is 0 Å². The molecule has 2 N–H and O–H groups in total. The summed E-state index contributed by atoms with van der Waals surface area (Å²) in [6.07, 6.45) is 0. The van der Waals surface area contributed by atoms with E-state index in [4.69, 9.17) is 20.9 Å². The molecule has 4 rings (SSSR count). The van der Waals surface area contributed by atoms with Crippen LogP contribution in [0.5, 0.6) is 11.6 Å². The quantitative estimate of drug-likeness (QED) is 0.331. The van der Waals surface area contributed by atoms with Crippen LogP contribution in [0.4, 0.5) is 16.0 Å². The highest BCUT2D eigenvalue weighted by Gasteiger charge is 2.19. The molecule has 0 aliphatic carbocycles. The topological polar surface area (TPSA) is 141 Å². The molecule has 0 radical (unpaired) electrons. The van der Waals surface area contributed by atoms with Gasteiger partial charge >= 0.3 is 17.3 Å². The van der Waals surface area contributed by atoms with E-state index in [1.807, 2.05) is 0 Å². The van der Waals surface area contributed by atoms with Crippen LogP contribution in [0.15, 0.2) is 62.6 Å². The Morgan fingerprint density at radius 3 is 2.54 bits per heavy atom. The lowest BCUT2D eigenvalue weighted by Gasteiger charge is -2.17. The second-order valence-electron chi connectivity index (χ2n) is 8.21. The van der Waals surface area contributed by atoms with E-state index in [0.29, 0.717) is 16.3 Å². The minimum atomic E-state index is -1.17. The number of carboxylic acid groups (broad SMARTS) is 1. The molecule has 0 unspecified atom stereocenters. The number of rotatable bonds is 9. The van der Waals surface area contributed by atoms with Gasteiger partial charge < -0.3 is 19.7 Å². The minimum absolute atomic E-state index is 0.0255. The molecule has 37 heavy (non-hydrogen) atoms. The maximum absolute atomic E-state index is 14.7. The Morgan fingerprint density at radius 1 is 1.19 bits per heavy atom. The molecule has 2 aromatic carbocycles. The average Bonchev–Trinajstić information content (AvgIpc) is 3.26. The Bertz CT molecular complexity index is 1560. The smallest absolute Gasteiger partial charge is 0.354 e. The Balaban J connectivity index is 1.70. The fraction of sp³-hybridized carbons (Fsp3) is 0.208. The van der Waals surface area contributed by atoms with E-state index in [1.165, 1.54) is 25.1 Å². The third kappa shape index (κ3) is 6.04. The molecule has 2 heterocycles. The number of aryl methyl sites for hydroxylation is 1. The van der Waals surface area contributed by atoms with Crippen molar-refractivity contribution in [2.75, 3.05) is 5.32 Å². The van der Waals surface area contributed by atoms with Crippen LogP contribution >= 0.6 is 11.6 Å². The van der Waals surface area contributed by atoms with Crippen LogP contribution < -0.4 is 21.4 Å². The first kappa shape index (κ1) is 25.6. The average molecular weight is 530 g/mol. The lowest BCUT2D eigenvalue weighted by Crippen LogP contribution is -2.44. The van der Waals surface area contributed by atoms with Crippen LogP contribution in [-0.2, 0) is 17.9 Å². The molecule has 0 amide bonds. The summed E-state index contributed by atoms with van der Waals surface area (Å²) >= 11 is 5.95. The van der Waals surface area contributed by atoms with Crippen molar-refractivity contribution < 1.29 is 23.6 Å². The lowest BCUT2D eigenvalue weighted by molar-refractivity contribution is -0.141. The van der Waals surface area contributed by atoms with Crippen molar-refractivity contribution in [3.8, 4) is 11.6 Å². The van der Waals surface area contributed by atoms with Gasteiger partial charge in [-0.2, -0.15) is 4.98 Å². The Morgan fingerprint density at radius 2 is 1.92 bits per heavy atom. The molecule has 0 aliphatic heterocycles. The summed E-state index contributed by atoms with van der Waals surface area (Å²) in [4.78, 5) is 41.2. The van der Waals surface area contributed by atoms with E-state index in [1.54, 1.807) is 31.2 Å². The fourth-order valence-corrected chi connectivity index (χ4v) is 3.47. The fourth-order valence-electron chi connectivity index (χ4n) is 3.34. The summed E-state index contributed by atoms with van der Waals surface area (Å²) in [5.74, 6) is -2.64. The Kier molecular flexibility index (Phi) is 7.39. The summed E-state index contributed by atoms with van der Waals surface area (Å²) in [7, 11) is 0. The van der Waals surface area contributed by atoms with Gasteiger partial charge in [0.1, 0.15) is 5.76 Å². The first-order valence-electron chi connectivity index (χ1n) is 11.0. The molecule has 13 heteroatoms. The first-order valence-corrected chi connectivity index (χ1v) is 11.3. The molecule has 2 aromatic heterocycles. The van der Waals surface area contributed by atoms with E-state index < -0.39 is 29.1 Å². The molecule has 1 atom stereocenters. The zero-order valence-corrected chi connectivity index (χ0v) is 20.4. The van der Waals surface area contributed by atoms with E-state index in [2.05, 4.69) is 15.5 Å². The minimum Gasteiger partial charge on any atom is -0.481 e. The van der Waals surface area contributed by atoms with E-state index in [9.17, 15) is 23.9 Å². The predicted molar refractivity (Wildman–Crippen MR) is 131 cm³/mol. The number of hydrogen-bond acceptors (Lipinski definition) is 8. The van der Waals surface area contributed by atoms with Gasteiger partial charge in [-0.15, -0.1) is 0 Å². The van der Waals surface area contributed by atoms with Gasteiger partial charge in [0.25, 0.3) is 5.88 Å². The van der Waals surface area contributed by atoms with Gasteiger partial charge in [0.2, 0.25) is 5.95 Å². The van der Waals surface area contributed by atoms with Gasteiger partial charge in [0, 0.05) is 29.4 Å². The SMILES string of the molecule is Cc1cc(Oc2ccc(Nc3nc(=O)n(C[C@H](C)C(=O)O)c(=O)n3Cc3ccc(Cl)cc3)cc2F)no1. The molecule has 0 bridgehead atoms. The maximum Gasteiger partial charge on any atom is 0.354 e. The second kappa shape index (κ2) is 10.7. The Labute approximate surface area is 213 Å². The summed E-state index contributed by atoms with van der Waals surface area (Å²) < 4.78 is 26.9. The number of carbonyl (C=O) groups is 1. The van der Waals surface area contributed by atoms with Gasteiger partial charge in [-0.1, -0.05) is 30.7 Å². The largest absolute Gasteiger partial charge is 0.481 e. The number of aromatic nitrogens is 4. The molecule has 11 nitrogen and oxygen atoms in total. The summed E-state index contributed by atoms with van der Waals surface area (Å²) in [6.45, 7) is 2.64. The summed E-state index contributed by atoms with van der Waals surface area (Å²) in [5.41, 5.74) is -0.901. The lowest BCUT2D eigenvalue weighted by atomic mass is 10.2. The standard InChI is InChI=1S/C24H21ClFN5O6/c1-13(21(32)33)11-31-23(34)28-22(30(24(31)35)12-15-3-5-16(25)6-4-15)27-17-7-8-19(18(26)10-17)36-20-9-14(2)37-29-20/h3-10,13H,11-12H2,1-2H3,(H,32,33)(H,27,28,34)/t13-/m0/s1. The maximum atomic E-state index is 14.7. The molecule has 0 saturated carbocycles. The molecule has 0 spiro atoms. The number of nitrogens with zero attached hydrogens (tertiary/aromatic N) is 4. The predicted octanol–water partition coefficient (Wildman–Crippen LogP) is 3.80. The Hall–Kier alpha value is -4.45. The zero-order valence-electron chi connectivity index (χ0n) is 19.6. The molecule has 0 fully saturated rings. The molecule has 4 aromatic rings. The van der Waals surface area contributed by atoms with Crippen molar-refractivity contribution in [1.29, 1.82) is 0 Å². The number of anilines is 2. The number of aliphatic carboxylic acids is 1. The van der Waals surface area contributed by atoms with E-state index in [0.717, 1.165) is 15.2 Å². The van der Waals surface area contributed by atoms with Crippen molar-refractivity contribution in [2.45, 2.75) is 26.9 Å². The van der Waals surface area contributed by atoms with Crippen molar-refractivity contribution in [3.05, 3.63) is 91.7 Å². The van der Waals surface area contributed by atoms with Crippen LogP contribution in [0.3, 0.4) is 0 Å². The van der Waals surface area contributed by atoms with Crippen LogP contribution in [0.2, 0.25) is 5.02 Å². The van der Waals surface area contributed by atoms with Crippen LogP contribution in [0, 0.1) is 18.7 Å². The van der Waals surface area contributed by atoms with Gasteiger partial charge in [-0.05, 0) is 41.9 Å². The highest BCUT2D eigenvalue weighted by Crippen LogP contribution is 2.27. The van der Waals surface area contributed by atoms with Crippen molar-refractivity contribution in [2.24, 2.45) is 5.92 Å². The number of nitrogens with one attached hydrogen (secondary N) is 1. The monoisotopic (exact) mass is 529 g/mol. The summed E-state index contributed by atoms with van der Waals surface area (Å²) in [5, 5.41) is 16.2. The van der Waals surface area contributed by atoms with Gasteiger partial charge in [-0.25, -0.2) is 18.5 Å². The van der Waals surface area contributed by atoms with E-state index in [-0.39, 0.29) is 36.4 Å². The van der Waals surface area contributed by atoms with Crippen molar-refractivity contribution in [1.82, 2.24) is 19.3 Å². The number of benzene rings is 2. The second-order valence-corrected chi connectivity index (χ2v) is 8.65. The van der Waals surface area contributed by atoms with Gasteiger partial charge in [-0.3, -0.25) is 9.36 Å². The number of hydrogen-bond donors (Lipinski definition) is 2. The van der Waals surface area contributed by atoms with Crippen molar-refractivity contribution >= 4 is 29.2 Å². The van der Waals surface area contributed by atoms with Crippen molar-refractivity contribution in [3.63, 3.8) is 0 Å². The molecule has 0 saturated heterocycles. The highest BCUT2D eigenvalue weighted by atomic mass is 35.5. The number of halogens is 2. The van der Waals surface area contributed by atoms with Crippen LogP contribution in [0.1, 0.15) is 18.2 Å². The normalized spacial score (nSPS) is 11.8. The van der Waals surface area contributed by atoms with Gasteiger partial charge in [0.05, 0.1) is 12.5 Å². The molecule has 0 aliphatic rings. The number of ether oxygens (including phenoxy) is 1. The molecular weight excluding hydrogens is 509 g/mol. The van der Waals surface area contributed by atoms with Gasteiger partial charge in [0.15, 0.2) is 11.6 Å². The third-order valence-corrected chi connectivity index (χ3v) is 5.54. The number of carboxylic acids is 1. The van der Waals surface area contributed by atoms with Crippen LogP contribution in [-0.4, -0.2) is 30.4 Å². The highest BCUT2D eigenvalue weighted by molar-refractivity contribution is 6.30.